The smallest absolute Gasteiger partial charge is 0.258 e. The minimum Gasteiger partial charge on any atom is -0.495 e. The number of methoxy groups -OCH3 is 2. The number of carbonyl (C=O) groups excluding carboxylic acids is 4. The van der Waals surface area contributed by atoms with Crippen molar-refractivity contribution >= 4 is 75.1 Å². The third-order valence-corrected chi connectivity index (χ3v) is 8.61. The molecule has 0 fully saturated rings. The molecule has 4 aromatic carbocycles. The molecule has 0 spiro atoms. The first kappa shape index (κ1) is 38.8. The number of aryl methyl sites for hydroxylation is 2. The number of rotatable bonds is 14. The number of ether oxygens (including phenoxy) is 2. The van der Waals surface area contributed by atoms with Crippen molar-refractivity contribution in [1.82, 2.24) is 0 Å². The van der Waals surface area contributed by atoms with Gasteiger partial charge in [0.2, 0.25) is 6.04 Å². The minimum absolute atomic E-state index is 0.0508. The summed E-state index contributed by atoms with van der Waals surface area (Å²) in [4.78, 5) is 50.7. The number of anilines is 1. The molecule has 0 bridgehead atoms. The third-order valence-electron chi connectivity index (χ3n) is 7.71. The van der Waals surface area contributed by atoms with Crippen LogP contribution in [0.2, 0.25) is 15.1 Å². The zero-order valence-electron chi connectivity index (χ0n) is 28.6. The Balaban J connectivity index is 1.48. The van der Waals surface area contributed by atoms with Gasteiger partial charge in [0.1, 0.15) is 22.9 Å². The molecule has 0 saturated heterocycles. The summed E-state index contributed by atoms with van der Waals surface area (Å²) in [6, 6.07) is 15.8. The molecule has 4 rings (SSSR count). The lowest BCUT2D eigenvalue weighted by Crippen LogP contribution is -2.32. The number of nitrogens with zero attached hydrogens (tertiary/aromatic N) is 4. The van der Waals surface area contributed by atoms with Crippen molar-refractivity contribution < 1.29 is 28.7 Å². The Bertz CT molecular complexity index is 2070. The van der Waals surface area contributed by atoms with Gasteiger partial charge in [0.15, 0.2) is 23.4 Å². The second kappa shape index (κ2) is 17.3. The van der Waals surface area contributed by atoms with Crippen LogP contribution in [0.25, 0.3) is 11.1 Å². The van der Waals surface area contributed by atoms with Gasteiger partial charge in [-0.1, -0.05) is 70.7 Å². The Hall–Kier alpha value is -4.97. The van der Waals surface area contributed by atoms with Crippen molar-refractivity contribution in [3.05, 3.63) is 98.5 Å². The van der Waals surface area contributed by atoms with Crippen LogP contribution in [-0.4, -0.2) is 49.6 Å². The van der Waals surface area contributed by atoms with Crippen LogP contribution in [-0.2, 0) is 25.6 Å². The normalized spacial score (nSPS) is 12.5. The molecule has 51 heavy (non-hydrogen) atoms. The van der Waals surface area contributed by atoms with Crippen molar-refractivity contribution in [3.63, 3.8) is 0 Å². The lowest BCUT2D eigenvalue weighted by Gasteiger charge is -2.14. The van der Waals surface area contributed by atoms with Crippen molar-refractivity contribution in [2.24, 2.45) is 20.5 Å². The van der Waals surface area contributed by atoms with Crippen LogP contribution in [0.5, 0.6) is 11.5 Å². The van der Waals surface area contributed by atoms with E-state index in [0.29, 0.717) is 16.9 Å². The van der Waals surface area contributed by atoms with E-state index in [-0.39, 0.29) is 50.1 Å². The predicted octanol–water partition coefficient (Wildman–Crippen LogP) is 9.48. The van der Waals surface area contributed by atoms with Crippen molar-refractivity contribution in [2.45, 2.75) is 46.2 Å². The number of amides is 1. The molecular weight excluding hydrogens is 717 g/mol. The van der Waals surface area contributed by atoms with Crippen molar-refractivity contribution in [3.8, 4) is 22.6 Å². The van der Waals surface area contributed by atoms with Crippen LogP contribution in [0.1, 0.15) is 30.5 Å². The van der Waals surface area contributed by atoms with Crippen LogP contribution >= 0.6 is 34.8 Å². The van der Waals surface area contributed by atoms with E-state index in [0.717, 1.165) is 16.7 Å². The average molecular weight is 751 g/mol. The number of carbonyl (C=O) groups is 4. The Kier molecular flexibility index (Phi) is 13.2. The standard InChI is InChI=1S/C37H34Cl3N5O6/c1-19-7-8-23(20(2)13-19)16-32(48)35(21(3)46)44-42-29-11-9-24(14-26(29)38)25-10-12-30(27(39)15-25)43-45-36(22(4)47)37(49)41-31-18-33(50-5)28(40)17-34(31)51-6/h7-15,17-18,35-36H,16H2,1-6H3,(H,41,49). The Morgan fingerprint density at radius 3 is 1.73 bits per heavy atom. The Labute approximate surface area is 310 Å². The highest BCUT2D eigenvalue weighted by Gasteiger charge is 2.26. The van der Waals surface area contributed by atoms with Gasteiger partial charge >= 0.3 is 0 Å². The van der Waals surface area contributed by atoms with Crippen LogP contribution in [0, 0.1) is 13.8 Å². The number of hydrogen-bond acceptors (Lipinski definition) is 10. The first-order valence-electron chi connectivity index (χ1n) is 15.5. The molecule has 11 nitrogen and oxygen atoms in total. The van der Waals surface area contributed by atoms with Crippen LogP contribution in [0.15, 0.2) is 87.2 Å². The molecule has 0 aliphatic heterocycles. The van der Waals surface area contributed by atoms with Crippen molar-refractivity contribution in [2.75, 3.05) is 19.5 Å². The largest absolute Gasteiger partial charge is 0.495 e. The quantitative estimate of drug-likeness (QED) is 0.100. The summed E-state index contributed by atoms with van der Waals surface area (Å²) in [7, 11) is 2.82. The predicted molar refractivity (Wildman–Crippen MR) is 198 cm³/mol. The van der Waals surface area contributed by atoms with E-state index in [4.69, 9.17) is 44.3 Å². The first-order chi connectivity index (χ1) is 24.2. The maximum absolute atomic E-state index is 13.1. The summed E-state index contributed by atoms with van der Waals surface area (Å²) in [5, 5.41) is 19.5. The molecule has 14 heteroatoms. The Morgan fingerprint density at radius 2 is 1.24 bits per heavy atom. The van der Waals surface area contributed by atoms with E-state index < -0.39 is 29.6 Å². The monoisotopic (exact) mass is 749 g/mol. The lowest BCUT2D eigenvalue weighted by atomic mass is 9.97. The van der Waals surface area contributed by atoms with E-state index >= 15 is 0 Å². The average Bonchev–Trinajstić information content (AvgIpc) is 3.07. The number of halogens is 3. The zero-order valence-corrected chi connectivity index (χ0v) is 30.9. The van der Waals surface area contributed by atoms with Crippen molar-refractivity contribution in [1.29, 1.82) is 0 Å². The fourth-order valence-electron chi connectivity index (χ4n) is 4.95. The van der Waals surface area contributed by atoms with Crippen LogP contribution in [0.4, 0.5) is 17.1 Å². The fourth-order valence-corrected chi connectivity index (χ4v) is 5.62. The molecule has 0 aliphatic carbocycles. The number of Topliss-reactive ketones (excluding diaryl/α,β-unsaturated/α-hetero) is 3. The van der Waals surface area contributed by atoms with Crippen LogP contribution in [0.3, 0.4) is 0 Å². The van der Waals surface area contributed by atoms with Gasteiger partial charge in [-0.3, -0.25) is 19.2 Å². The summed E-state index contributed by atoms with van der Waals surface area (Å²) < 4.78 is 10.5. The molecule has 0 radical (unpaired) electrons. The second-order valence-electron chi connectivity index (χ2n) is 11.5. The summed E-state index contributed by atoms with van der Waals surface area (Å²) in [5.41, 5.74) is 4.89. The molecule has 0 aliphatic rings. The maximum Gasteiger partial charge on any atom is 0.258 e. The van der Waals surface area contributed by atoms with E-state index in [1.165, 1.54) is 40.2 Å². The summed E-state index contributed by atoms with van der Waals surface area (Å²) in [5.74, 6) is -1.56. The van der Waals surface area contributed by atoms with Gasteiger partial charge in [-0.05, 0) is 74.2 Å². The van der Waals surface area contributed by atoms with Gasteiger partial charge in [-0.2, -0.15) is 20.5 Å². The molecule has 0 heterocycles. The fraction of sp³-hybridized carbons (Fsp3) is 0.243. The molecule has 2 unspecified atom stereocenters. The molecular formula is C37H34Cl3N5O6. The first-order valence-corrected chi connectivity index (χ1v) is 16.6. The zero-order chi connectivity index (χ0) is 37.4. The number of ketones is 3. The number of benzene rings is 4. The Morgan fingerprint density at radius 1 is 0.686 bits per heavy atom. The highest BCUT2D eigenvalue weighted by molar-refractivity contribution is 6.34. The molecule has 0 saturated carbocycles. The molecule has 1 N–H and O–H groups in total. The van der Waals surface area contributed by atoms with Gasteiger partial charge in [-0.15, -0.1) is 0 Å². The molecule has 2 atom stereocenters. The minimum atomic E-state index is -1.49. The summed E-state index contributed by atoms with van der Waals surface area (Å²) in [6.07, 6.45) is 0.0508. The maximum atomic E-state index is 13.1. The summed E-state index contributed by atoms with van der Waals surface area (Å²) >= 11 is 19.2. The van der Waals surface area contributed by atoms with E-state index in [1.807, 2.05) is 32.0 Å². The highest BCUT2D eigenvalue weighted by atomic mass is 35.5. The third kappa shape index (κ3) is 9.84. The molecule has 1 amide bonds. The number of azo groups is 2. The molecule has 0 aromatic heterocycles. The molecule has 264 valence electrons. The second-order valence-corrected chi connectivity index (χ2v) is 12.8. The van der Waals surface area contributed by atoms with E-state index in [9.17, 15) is 19.2 Å². The number of hydrogen-bond donors (Lipinski definition) is 1. The molecule has 4 aromatic rings. The van der Waals surface area contributed by atoms with E-state index in [2.05, 4.69) is 25.8 Å². The highest BCUT2D eigenvalue weighted by Crippen LogP contribution is 2.37. The van der Waals surface area contributed by atoms with Gasteiger partial charge in [0, 0.05) is 18.6 Å². The number of nitrogens with one attached hydrogen (secondary N) is 1. The summed E-state index contributed by atoms with van der Waals surface area (Å²) in [6.45, 7) is 6.39. The van der Waals surface area contributed by atoms with Gasteiger partial charge in [0.05, 0.1) is 35.0 Å². The van der Waals surface area contributed by atoms with Gasteiger partial charge in [-0.25, -0.2) is 0 Å². The topological polar surface area (TPSA) is 148 Å². The van der Waals surface area contributed by atoms with E-state index in [1.54, 1.807) is 36.4 Å². The lowest BCUT2D eigenvalue weighted by molar-refractivity contribution is -0.128. The SMILES string of the molecule is COc1cc(NC(=O)C(N=Nc2ccc(-c3ccc(N=NC(C(C)=O)C(=O)Cc4ccc(C)cc4C)c(Cl)c3)cc2Cl)C(C)=O)c(OC)cc1Cl. The van der Waals surface area contributed by atoms with Gasteiger partial charge < -0.3 is 14.8 Å². The van der Waals surface area contributed by atoms with Gasteiger partial charge in [0.25, 0.3) is 5.91 Å². The van der Waals surface area contributed by atoms with Crippen LogP contribution < -0.4 is 14.8 Å².